The quantitative estimate of drug-likeness (QED) is 0.714. The molecule has 2 rings (SSSR count). The van der Waals surface area contributed by atoms with Crippen LogP contribution in [0.15, 0.2) is 30.6 Å². The van der Waals surface area contributed by atoms with Gasteiger partial charge in [0.05, 0.1) is 17.4 Å². The predicted molar refractivity (Wildman–Crippen MR) is 73.8 cm³/mol. The average Bonchev–Trinajstić information content (AvgIpc) is 2.57. The lowest BCUT2D eigenvalue weighted by molar-refractivity contribution is 0.526. The summed E-state index contributed by atoms with van der Waals surface area (Å²) in [6.07, 6.45) is 0.867. The first-order valence-electron chi connectivity index (χ1n) is 5.98. The summed E-state index contributed by atoms with van der Waals surface area (Å²) < 4.78 is 1.95. The molecule has 1 aliphatic heterocycles. The Bertz CT molecular complexity index is 511. The summed E-state index contributed by atoms with van der Waals surface area (Å²) in [5.74, 6) is 0.971. The summed E-state index contributed by atoms with van der Waals surface area (Å²) in [7, 11) is 0. The molecule has 1 atom stereocenters. The first kappa shape index (κ1) is 12.4. The largest absolute Gasteiger partial charge is 0.376 e. The van der Waals surface area contributed by atoms with Crippen molar-refractivity contribution in [3.63, 3.8) is 0 Å². The van der Waals surface area contributed by atoms with Gasteiger partial charge in [0.1, 0.15) is 5.82 Å². The molecule has 0 radical (unpaired) electrons. The van der Waals surface area contributed by atoms with E-state index in [0.29, 0.717) is 11.4 Å². The van der Waals surface area contributed by atoms with E-state index in [9.17, 15) is 0 Å². The fourth-order valence-electron chi connectivity index (χ4n) is 1.97. The Morgan fingerprint density at radius 2 is 2.39 bits per heavy atom. The van der Waals surface area contributed by atoms with E-state index in [1.54, 1.807) is 6.92 Å². The van der Waals surface area contributed by atoms with Gasteiger partial charge in [-0.2, -0.15) is 5.10 Å². The van der Waals surface area contributed by atoms with Crippen molar-refractivity contribution in [3.8, 4) is 0 Å². The molecule has 0 fully saturated rings. The Morgan fingerprint density at radius 3 is 3.06 bits per heavy atom. The van der Waals surface area contributed by atoms with Crippen LogP contribution in [0.4, 0.5) is 5.82 Å². The maximum Gasteiger partial charge on any atom is 0.128 e. The molecule has 0 saturated heterocycles. The predicted octanol–water partition coefficient (Wildman–Crippen LogP) is 2.03. The topological polar surface area (TPSA) is 65.7 Å². The standard InChI is InChI=1S/C13H19N5/c1-8-7-13-16-11(4)12(5-6-18(13)17-8)15-10(3)9(2)14/h7,12,14-16H,3-6H2,1-2H3. The normalized spacial score (nSPS) is 18.6. The van der Waals surface area contributed by atoms with Crippen LogP contribution in [-0.2, 0) is 6.54 Å². The Hall–Kier alpha value is -2.04. The fourth-order valence-corrected chi connectivity index (χ4v) is 1.97. The van der Waals surface area contributed by atoms with Crippen molar-refractivity contribution in [2.45, 2.75) is 32.9 Å². The zero-order chi connectivity index (χ0) is 13.3. The molecule has 1 aromatic heterocycles. The minimum Gasteiger partial charge on any atom is -0.376 e. The van der Waals surface area contributed by atoms with Crippen molar-refractivity contribution in [1.82, 2.24) is 15.1 Å². The molecule has 96 valence electrons. The highest BCUT2D eigenvalue weighted by Crippen LogP contribution is 2.20. The molecule has 1 aromatic rings. The van der Waals surface area contributed by atoms with E-state index >= 15 is 0 Å². The van der Waals surface area contributed by atoms with Crippen molar-refractivity contribution >= 4 is 11.5 Å². The first-order chi connectivity index (χ1) is 8.47. The first-order valence-corrected chi connectivity index (χ1v) is 5.98. The van der Waals surface area contributed by atoms with Crippen LogP contribution in [0.5, 0.6) is 0 Å². The van der Waals surface area contributed by atoms with Crippen LogP contribution in [0.3, 0.4) is 0 Å². The number of nitrogens with one attached hydrogen (secondary N) is 3. The number of nitrogens with zero attached hydrogens (tertiary/aromatic N) is 2. The number of aromatic nitrogens is 2. The molecular formula is C13H19N5. The van der Waals surface area contributed by atoms with Crippen LogP contribution < -0.4 is 10.6 Å². The van der Waals surface area contributed by atoms with Gasteiger partial charge in [-0.3, -0.25) is 0 Å². The van der Waals surface area contributed by atoms with E-state index in [4.69, 9.17) is 5.41 Å². The second-order valence-electron chi connectivity index (χ2n) is 4.63. The van der Waals surface area contributed by atoms with Gasteiger partial charge in [0.25, 0.3) is 0 Å². The Labute approximate surface area is 107 Å². The summed E-state index contributed by atoms with van der Waals surface area (Å²) in [5, 5.41) is 18.4. The third kappa shape index (κ3) is 2.45. The van der Waals surface area contributed by atoms with Gasteiger partial charge in [-0.05, 0) is 20.3 Å². The van der Waals surface area contributed by atoms with Gasteiger partial charge in [0.2, 0.25) is 0 Å². The number of hydrogen-bond donors (Lipinski definition) is 3. The second kappa shape index (κ2) is 4.68. The third-order valence-electron chi connectivity index (χ3n) is 3.04. The molecule has 0 aromatic carbocycles. The lowest BCUT2D eigenvalue weighted by atomic mass is 10.1. The molecule has 0 saturated carbocycles. The van der Waals surface area contributed by atoms with E-state index in [2.05, 4.69) is 28.9 Å². The van der Waals surface area contributed by atoms with Gasteiger partial charge in [-0.15, -0.1) is 0 Å². The van der Waals surface area contributed by atoms with Crippen LogP contribution in [0.2, 0.25) is 0 Å². The van der Waals surface area contributed by atoms with Gasteiger partial charge in [-0.1, -0.05) is 13.2 Å². The Morgan fingerprint density at radius 1 is 1.67 bits per heavy atom. The summed E-state index contributed by atoms with van der Waals surface area (Å²) in [5.41, 5.74) is 2.96. The Balaban J connectivity index is 2.10. The van der Waals surface area contributed by atoms with Gasteiger partial charge in [0, 0.05) is 24.0 Å². The highest BCUT2D eigenvalue weighted by atomic mass is 15.3. The maximum absolute atomic E-state index is 7.54. The molecule has 5 nitrogen and oxygen atoms in total. The highest BCUT2D eigenvalue weighted by molar-refractivity contribution is 5.94. The van der Waals surface area contributed by atoms with Crippen LogP contribution in [0, 0.1) is 12.3 Å². The van der Waals surface area contributed by atoms with E-state index in [-0.39, 0.29) is 6.04 Å². The summed E-state index contributed by atoms with van der Waals surface area (Å²) >= 11 is 0. The van der Waals surface area contributed by atoms with Crippen LogP contribution in [0.1, 0.15) is 19.0 Å². The smallest absolute Gasteiger partial charge is 0.128 e. The number of hydrogen-bond acceptors (Lipinski definition) is 4. The molecule has 1 unspecified atom stereocenters. The monoisotopic (exact) mass is 245 g/mol. The molecule has 18 heavy (non-hydrogen) atoms. The van der Waals surface area contributed by atoms with E-state index < -0.39 is 0 Å². The van der Waals surface area contributed by atoms with Gasteiger partial charge in [0.15, 0.2) is 0 Å². The number of allylic oxidation sites excluding steroid dienone is 1. The molecule has 0 bridgehead atoms. The zero-order valence-electron chi connectivity index (χ0n) is 10.9. The zero-order valence-corrected chi connectivity index (χ0v) is 10.9. The van der Waals surface area contributed by atoms with Gasteiger partial charge >= 0.3 is 0 Å². The molecule has 1 aliphatic rings. The minimum atomic E-state index is 0.0693. The molecule has 0 aliphatic carbocycles. The Kier molecular flexibility index (Phi) is 3.23. The number of rotatable bonds is 3. The summed E-state index contributed by atoms with van der Waals surface area (Å²) in [4.78, 5) is 0. The SMILES string of the molecule is C=C(NC1CCn2nc(C)cc2NC1=C)C(C)=N. The molecule has 5 heteroatoms. The second-order valence-corrected chi connectivity index (χ2v) is 4.63. The van der Waals surface area contributed by atoms with Crippen LogP contribution in [-0.4, -0.2) is 21.5 Å². The van der Waals surface area contributed by atoms with E-state index in [0.717, 1.165) is 30.2 Å². The van der Waals surface area contributed by atoms with Crippen LogP contribution in [0.25, 0.3) is 0 Å². The lowest BCUT2D eigenvalue weighted by Crippen LogP contribution is -2.33. The highest BCUT2D eigenvalue weighted by Gasteiger charge is 2.20. The number of fused-ring (bicyclic) bond motifs is 1. The molecule has 0 amide bonds. The minimum absolute atomic E-state index is 0.0693. The maximum atomic E-state index is 7.54. The summed E-state index contributed by atoms with van der Waals surface area (Å²) in [6, 6.07) is 2.07. The molecule has 0 spiro atoms. The van der Waals surface area contributed by atoms with Crippen molar-refractivity contribution < 1.29 is 0 Å². The van der Waals surface area contributed by atoms with Gasteiger partial charge < -0.3 is 16.0 Å². The third-order valence-corrected chi connectivity index (χ3v) is 3.04. The number of anilines is 1. The van der Waals surface area contributed by atoms with Crippen LogP contribution >= 0.6 is 0 Å². The van der Waals surface area contributed by atoms with Crippen molar-refractivity contribution in [1.29, 1.82) is 5.41 Å². The van der Waals surface area contributed by atoms with E-state index in [1.807, 2.05) is 17.7 Å². The van der Waals surface area contributed by atoms with Crippen molar-refractivity contribution in [3.05, 3.63) is 36.3 Å². The lowest BCUT2D eigenvalue weighted by Gasteiger charge is -2.20. The van der Waals surface area contributed by atoms with E-state index in [1.165, 1.54) is 0 Å². The molecule has 2 heterocycles. The van der Waals surface area contributed by atoms with Crippen molar-refractivity contribution in [2.75, 3.05) is 5.32 Å². The molecule has 3 N–H and O–H groups in total. The van der Waals surface area contributed by atoms with Crippen molar-refractivity contribution in [2.24, 2.45) is 0 Å². The van der Waals surface area contributed by atoms with Gasteiger partial charge in [-0.25, -0.2) is 4.68 Å². The number of aryl methyl sites for hydroxylation is 2. The molecular weight excluding hydrogens is 226 g/mol. The fraction of sp³-hybridized carbons (Fsp3) is 0.385. The summed E-state index contributed by atoms with van der Waals surface area (Å²) in [6.45, 7) is 12.4. The average molecular weight is 245 g/mol.